The number of para-hydroxylation sites is 1. The van der Waals surface area contributed by atoms with E-state index in [-0.39, 0.29) is 11.8 Å². The maximum atomic E-state index is 12.6. The predicted octanol–water partition coefficient (Wildman–Crippen LogP) is 3.18. The van der Waals surface area contributed by atoms with Crippen LogP contribution in [0.15, 0.2) is 48.5 Å². The fourth-order valence-electron chi connectivity index (χ4n) is 3.13. The lowest BCUT2D eigenvalue weighted by Crippen LogP contribution is -2.30. The Morgan fingerprint density at radius 3 is 2.63 bits per heavy atom. The monoisotopic (exact) mass is 367 g/mol. The lowest BCUT2D eigenvalue weighted by Gasteiger charge is -2.16. The number of benzene rings is 2. The van der Waals surface area contributed by atoms with E-state index in [0.717, 1.165) is 36.5 Å². The molecule has 2 amide bonds. The molecule has 0 atom stereocenters. The second-order valence-electron chi connectivity index (χ2n) is 6.49. The van der Waals surface area contributed by atoms with Gasteiger partial charge in [-0.2, -0.15) is 0 Å². The van der Waals surface area contributed by atoms with Gasteiger partial charge in [0.1, 0.15) is 5.75 Å². The van der Waals surface area contributed by atoms with Crippen molar-refractivity contribution in [1.29, 1.82) is 0 Å². The second-order valence-corrected chi connectivity index (χ2v) is 6.49. The van der Waals surface area contributed by atoms with Gasteiger partial charge >= 0.3 is 0 Å². The molecule has 6 heteroatoms. The summed E-state index contributed by atoms with van der Waals surface area (Å²) < 4.78 is 5.16. The van der Waals surface area contributed by atoms with Crippen LogP contribution < -0.4 is 15.4 Å². The zero-order valence-corrected chi connectivity index (χ0v) is 15.5. The van der Waals surface area contributed by atoms with Crippen LogP contribution in [0, 0.1) is 0 Å². The van der Waals surface area contributed by atoms with Crippen molar-refractivity contribution < 1.29 is 14.3 Å². The number of hydrogen-bond acceptors (Lipinski definition) is 4. The standard InChI is InChI=1S/C21H25N3O3/c1-27-17-11-9-16(10-12-17)23-19-7-3-2-6-18(19)21(26)22-13-5-15-24-14-4-8-20(24)25/h2-3,6-7,9-12,23H,4-5,8,13-15H2,1H3,(H,22,26). The van der Waals surface area contributed by atoms with Crippen molar-refractivity contribution in [3.8, 4) is 5.75 Å². The van der Waals surface area contributed by atoms with E-state index in [1.807, 2.05) is 47.4 Å². The summed E-state index contributed by atoms with van der Waals surface area (Å²) in [6.45, 7) is 2.08. The zero-order chi connectivity index (χ0) is 19.1. The molecule has 1 saturated heterocycles. The molecule has 1 fully saturated rings. The summed E-state index contributed by atoms with van der Waals surface area (Å²) in [7, 11) is 1.63. The maximum Gasteiger partial charge on any atom is 0.253 e. The highest BCUT2D eigenvalue weighted by Gasteiger charge is 2.19. The van der Waals surface area contributed by atoms with Gasteiger partial charge in [0.25, 0.3) is 5.91 Å². The van der Waals surface area contributed by atoms with Crippen LogP contribution in [0.3, 0.4) is 0 Å². The minimum absolute atomic E-state index is 0.126. The molecule has 0 saturated carbocycles. The molecule has 0 aromatic heterocycles. The third kappa shape index (κ3) is 5.00. The molecule has 27 heavy (non-hydrogen) atoms. The zero-order valence-electron chi connectivity index (χ0n) is 15.5. The molecule has 1 heterocycles. The molecule has 0 aliphatic carbocycles. The molecule has 0 spiro atoms. The average molecular weight is 367 g/mol. The van der Waals surface area contributed by atoms with Crippen LogP contribution in [0.1, 0.15) is 29.6 Å². The van der Waals surface area contributed by atoms with Gasteiger partial charge < -0.3 is 20.3 Å². The third-order valence-electron chi connectivity index (χ3n) is 4.60. The Labute approximate surface area is 159 Å². The third-order valence-corrected chi connectivity index (χ3v) is 4.60. The van der Waals surface area contributed by atoms with Crippen molar-refractivity contribution in [2.45, 2.75) is 19.3 Å². The van der Waals surface area contributed by atoms with E-state index in [9.17, 15) is 9.59 Å². The summed E-state index contributed by atoms with van der Waals surface area (Å²) >= 11 is 0. The van der Waals surface area contributed by atoms with E-state index in [1.54, 1.807) is 13.2 Å². The first-order valence-electron chi connectivity index (χ1n) is 9.23. The number of hydrogen-bond donors (Lipinski definition) is 2. The van der Waals surface area contributed by atoms with Crippen molar-refractivity contribution in [3.63, 3.8) is 0 Å². The highest BCUT2D eigenvalue weighted by molar-refractivity contribution is 6.00. The predicted molar refractivity (Wildman–Crippen MR) is 105 cm³/mol. The molecule has 0 bridgehead atoms. The lowest BCUT2D eigenvalue weighted by molar-refractivity contribution is -0.127. The van der Waals surface area contributed by atoms with Crippen LogP contribution in [0.5, 0.6) is 5.75 Å². The fourth-order valence-corrected chi connectivity index (χ4v) is 3.13. The van der Waals surface area contributed by atoms with E-state index in [0.29, 0.717) is 25.1 Å². The molecule has 0 unspecified atom stereocenters. The van der Waals surface area contributed by atoms with Gasteiger partial charge in [-0.05, 0) is 49.2 Å². The van der Waals surface area contributed by atoms with Gasteiger partial charge in [-0.3, -0.25) is 9.59 Å². The second kappa shape index (κ2) is 9.07. The first-order chi connectivity index (χ1) is 13.2. The Morgan fingerprint density at radius 1 is 1.15 bits per heavy atom. The normalized spacial score (nSPS) is 13.5. The number of nitrogens with one attached hydrogen (secondary N) is 2. The van der Waals surface area contributed by atoms with Crippen LogP contribution in [-0.2, 0) is 4.79 Å². The summed E-state index contributed by atoms with van der Waals surface area (Å²) in [6, 6.07) is 14.9. The molecular weight excluding hydrogens is 342 g/mol. The number of ether oxygens (including phenoxy) is 1. The first-order valence-corrected chi connectivity index (χ1v) is 9.23. The highest BCUT2D eigenvalue weighted by Crippen LogP contribution is 2.23. The van der Waals surface area contributed by atoms with Crippen molar-refractivity contribution in [2.75, 3.05) is 32.1 Å². The summed E-state index contributed by atoms with van der Waals surface area (Å²) in [4.78, 5) is 26.0. The van der Waals surface area contributed by atoms with Crippen LogP contribution in [0.4, 0.5) is 11.4 Å². The minimum atomic E-state index is -0.126. The first kappa shape index (κ1) is 18.8. The molecule has 2 N–H and O–H groups in total. The largest absolute Gasteiger partial charge is 0.497 e. The molecule has 3 rings (SSSR count). The van der Waals surface area contributed by atoms with E-state index >= 15 is 0 Å². The Kier molecular flexibility index (Phi) is 6.30. The number of carbonyl (C=O) groups excluding carboxylic acids is 2. The van der Waals surface area contributed by atoms with Gasteiger partial charge in [0, 0.05) is 31.7 Å². The van der Waals surface area contributed by atoms with Gasteiger partial charge in [-0.1, -0.05) is 12.1 Å². The Hall–Kier alpha value is -3.02. The smallest absolute Gasteiger partial charge is 0.253 e. The summed E-state index contributed by atoms with van der Waals surface area (Å²) in [6.07, 6.45) is 2.35. The summed E-state index contributed by atoms with van der Waals surface area (Å²) in [5.74, 6) is 0.873. The number of rotatable bonds is 8. The molecule has 2 aromatic rings. The number of amides is 2. The van der Waals surface area contributed by atoms with E-state index in [4.69, 9.17) is 4.74 Å². The van der Waals surface area contributed by atoms with Gasteiger partial charge in [0.2, 0.25) is 5.91 Å². The number of anilines is 2. The van der Waals surface area contributed by atoms with Crippen LogP contribution >= 0.6 is 0 Å². The molecule has 142 valence electrons. The highest BCUT2D eigenvalue weighted by atomic mass is 16.5. The van der Waals surface area contributed by atoms with Gasteiger partial charge in [-0.15, -0.1) is 0 Å². The Balaban J connectivity index is 1.55. The number of methoxy groups -OCH3 is 1. The van der Waals surface area contributed by atoms with Crippen molar-refractivity contribution in [3.05, 3.63) is 54.1 Å². The van der Waals surface area contributed by atoms with Crippen molar-refractivity contribution in [1.82, 2.24) is 10.2 Å². The molecule has 0 radical (unpaired) electrons. The van der Waals surface area contributed by atoms with E-state index < -0.39 is 0 Å². The van der Waals surface area contributed by atoms with Crippen LogP contribution in [0.2, 0.25) is 0 Å². The van der Waals surface area contributed by atoms with Crippen LogP contribution in [0.25, 0.3) is 0 Å². The molecule has 2 aromatic carbocycles. The molecular formula is C21H25N3O3. The Morgan fingerprint density at radius 2 is 1.93 bits per heavy atom. The summed E-state index contributed by atoms with van der Waals surface area (Å²) in [5.41, 5.74) is 2.21. The summed E-state index contributed by atoms with van der Waals surface area (Å²) in [5, 5.41) is 6.22. The van der Waals surface area contributed by atoms with Crippen LogP contribution in [-0.4, -0.2) is 43.5 Å². The maximum absolute atomic E-state index is 12.6. The Bertz CT molecular complexity index is 790. The van der Waals surface area contributed by atoms with E-state index in [2.05, 4.69) is 10.6 Å². The van der Waals surface area contributed by atoms with E-state index in [1.165, 1.54) is 0 Å². The minimum Gasteiger partial charge on any atom is -0.497 e. The number of likely N-dealkylation sites (tertiary alicyclic amines) is 1. The molecule has 1 aliphatic heterocycles. The lowest BCUT2D eigenvalue weighted by atomic mass is 10.1. The SMILES string of the molecule is COc1ccc(Nc2ccccc2C(=O)NCCCN2CCCC2=O)cc1. The van der Waals surface area contributed by atoms with Gasteiger partial charge in [0.15, 0.2) is 0 Å². The quantitative estimate of drug-likeness (QED) is 0.703. The number of carbonyl (C=O) groups is 2. The van der Waals surface area contributed by atoms with Gasteiger partial charge in [-0.25, -0.2) is 0 Å². The fraction of sp³-hybridized carbons (Fsp3) is 0.333. The average Bonchev–Trinajstić information content (AvgIpc) is 3.11. The van der Waals surface area contributed by atoms with Crippen molar-refractivity contribution >= 4 is 23.2 Å². The molecule has 1 aliphatic rings. The van der Waals surface area contributed by atoms with Gasteiger partial charge in [0.05, 0.1) is 18.4 Å². The molecule has 6 nitrogen and oxygen atoms in total. The number of nitrogens with zero attached hydrogens (tertiary/aromatic N) is 1. The topological polar surface area (TPSA) is 70.7 Å². The van der Waals surface area contributed by atoms with Crippen molar-refractivity contribution in [2.24, 2.45) is 0 Å².